The lowest BCUT2D eigenvalue weighted by molar-refractivity contribution is 0.0691. The van der Waals surface area contributed by atoms with Gasteiger partial charge in [0.15, 0.2) is 0 Å². The summed E-state index contributed by atoms with van der Waals surface area (Å²) in [6.45, 7) is 0.726. The van der Waals surface area contributed by atoms with Gasteiger partial charge in [-0.2, -0.15) is 0 Å². The van der Waals surface area contributed by atoms with Crippen LogP contribution in [0.1, 0.15) is 31.8 Å². The highest BCUT2D eigenvalue weighted by atomic mass is 79.9. The molecule has 0 saturated carbocycles. The smallest absolute Gasteiger partial charge is 0.339 e. The van der Waals surface area contributed by atoms with Crippen LogP contribution in [0.2, 0.25) is 0 Å². The number of phenols is 1. The number of halogens is 1. The lowest BCUT2D eigenvalue weighted by atomic mass is 10.0. The van der Waals surface area contributed by atoms with Crippen molar-refractivity contribution in [3.8, 4) is 22.6 Å². The van der Waals surface area contributed by atoms with E-state index in [4.69, 9.17) is 4.74 Å². The quantitative estimate of drug-likeness (QED) is 0.268. The summed E-state index contributed by atoms with van der Waals surface area (Å²) < 4.78 is 6.39. The van der Waals surface area contributed by atoms with Gasteiger partial charge in [0.25, 0.3) is 5.91 Å². The molecule has 4 aromatic rings. The zero-order chi connectivity index (χ0) is 25.7. The molecule has 0 aliphatic carbocycles. The molecule has 0 spiro atoms. The number of carboxylic acid groups (broad SMARTS) is 1. The third kappa shape index (κ3) is 5.75. The number of amides is 1. The standard InChI is InChI=1S/C29H24BrNO5/c1-36-27-5-3-2-4-23(27)18-31(28(33)21-10-13-24(30)14-11-21)17-19-6-8-20(9-7-19)22-12-15-26(32)25(16-22)29(34)35/h2-16,32H,17-18H2,1H3,(H,34,35). The normalized spacial score (nSPS) is 10.6. The van der Waals surface area contributed by atoms with E-state index >= 15 is 0 Å². The second kappa shape index (κ2) is 11.1. The van der Waals surface area contributed by atoms with Crippen molar-refractivity contribution in [2.75, 3.05) is 7.11 Å². The predicted octanol–water partition coefficient (Wildman–Crippen LogP) is 6.37. The molecule has 0 bridgehead atoms. The van der Waals surface area contributed by atoms with E-state index in [1.54, 1.807) is 30.2 Å². The van der Waals surface area contributed by atoms with Crippen molar-refractivity contribution in [3.05, 3.63) is 118 Å². The number of hydrogen-bond donors (Lipinski definition) is 2. The van der Waals surface area contributed by atoms with E-state index in [2.05, 4.69) is 15.9 Å². The van der Waals surface area contributed by atoms with Gasteiger partial charge < -0.3 is 19.8 Å². The molecular formula is C29H24BrNO5. The van der Waals surface area contributed by atoms with Gasteiger partial charge in [-0.1, -0.05) is 64.5 Å². The van der Waals surface area contributed by atoms with Crippen LogP contribution >= 0.6 is 15.9 Å². The molecule has 0 saturated heterocycles. The average Bonchev–Trinajstić information content (AvgIpc) is 2.89. The summed E-state index contributed by atoms with van der Waals surface area (Å²) >= 11 is 3.41. The summed E-state index contributed by atoms with van der Waals surface area (Å²) in [5.41, 5.74) is 3.71. The number of aromatic hydroxyl groups is 1. The number of benzene rings is 4. The van der Waals surface area contributed by atoms with Crippen molar-refractivity contribution >= 4 is 27.8 Å². The molecule has 36 heavy (non-hydrogen) atoms. The second-order valence-corrected chi connectivity index (χ2v) is 9.13. The minimum absolute atomic E-state index is 0.109. The number of carboxylic acids is 1. The number of hydrogen-bond acceptors (Lipinski definition) is 4. The van der Waals surface area contributed by atoms with Crippen LogP contribution in [0.4, 0.5) is 0 Å². The Hall–Kier alpha value is -4.10. The molecule has 0 fully saturated rings. The molecule has 7 heteroatoms. The summed E-state index contributed by atoms with van der Waals surface area (Å²) in [4.78, 5) is 26.6. The fraction of sp³-hybridized carbons (Fsp3) is 0.103. The van der Waals surface area contributed by atoms with E-state index in [9.17, 15) is 19.8 Å². The van der Waals surface area contributed by atoms with Crippen molar-refractivity contribution in [3.63, 3.8) is 0 Å². The number of carbonyl (C=O) groups is 2. The Morgan fingerprint density at radius 2 is 1.53 bits per heavy atom. The first kappa shape index (κ1) is 25.0. The molecule has 4 aromatic carbocycles. The van der Waals surface area contributed by atoms with Gasteiger partial charge in [-0.05, 0) is 59.2 Å². The van der Waals surface area contributed by atoms with Crippen molar-refractivity contribution in [1.82, 2.24) is 4.90 Å². The topological polar surface area (TPSA) is 87.1 Å². The number of para-hydroxylation sites is 1. The van der Waals surface area contributed by atoms with Crippen LogP contribution in [-0.4, -0.2) is 34.1 Å². The first-order valence-electron chi connectivity index (χ1n) is 11.2. The van der Waals surface area contributed by atoms with Crippen LogP contribution in [0.25, 0.3) is 11.1 Å². The zero-order valence-electron chi connectivity index (χ0n) is 19.5. The first-order valence-corrected chi connectivity index (χ1v) is 12.0. The minimum atomic E-state index is -1.19. The SMILES string of the molecule is COc1ccccc1CN(Cc1ccc(-c2ccc(O)c(C(=O)O)c2)cc1)C(=O)c1ccc(Br)cc1. The van der Waals surface area contributed by atoms with E-state index in [-0.39, 0.29) is 17.2 Å². The monoisotopic (exact) mass is 545 g/mol. The third-order valence-corrected chi connectivity index (χ3v) is 6.35. The summed E-state index contributed by atoms with van der Waals surface area (Å²) in [5.74, 6) is -0.865. The number of nitrogens with zero attached hydrogens (tertiary/aromatic N) is 1. The molecule has 0 aliphatic heterocycles. The number of aromatic carboxylic acids is 1. The van der Waals surface area contributed by atoms with Crippen molar-refractivity contribution < 1.29 is 24.5 Å². The van der Waals surface area contributed by atoms with E-state index in [1.807, 2.05) is 60.7 Å². The molecule has 1 amide bonds. The molecule has 0 radical (unpaired) electrons. The number of rotatable bonds is 8. The lowest BCUT2D eigenvalue weighted by Gasteiger charge is -2.24. The molecular weight excluding hydrogens is 522 g/mol. The van der Waals surface area contributed by atoms with Gasteiger partial charge in [-0.3, -0.25) is 4.79 Å². The Kier molecular flexibility index (Phi) is 7.71. The van der Waals surface area contributed by atoms with Crippen LogP contribution in [0.15, 0.2) is 95.5 Å². The van der Waals surface area contributed by atoms with Crippen molar-refractivity contribution in [1.29, 1.82) is 0 Å². The van der Waals surface area contributed by atoms with Crippen LogP contribution in [0.5, 0.6) is 11.5 Å². The third-order valence-electron chi connectivity index (χ3n) is 5.82. The second-order valence-electron chi connectivity index (χ2n) is 8.21. The van der Waals surface area contributed by atoms with Crippen molar-refractivity contribution in [2.45, 2.75) is 13.1 Å². The van der Waals surface area contributed by atoms with Crippen LogP contribution in [0, 0.1) is 0 Å². The maximum Gasteiger partial charge on any atom is 0.339 e. The van der Waals surface area contributed by atoms with Gasteiger partial charge in [0, 0.05) is 28.7 Å². The van der Waals surface area contributed by atoms with E-state index in [1.165, 1.54) is 12.1 Å². The van der Waals surface area contributed by atoms with Crippen LogP contribution in [0.3, 0.4) is 0 Å². The fourth-order valence-electron chi connectivity index (χ4n) is 3.92. The zero-order valence-corrected chi connectivity index (χ0v) is 21.1. The Morgan fingerprint density at radius 1 is 0.861 bits per heavy atom. The highest BCUT2D eigenvalue weighted by Gasteiger charge is 2.19. The maximum atomic E-state index is 13.5. The molecule has 2 N–H and O–H groups in total. The minimum Gasteiger partial charge on any atom is -0.507 e. The molecule has 0 aliphatic rings. The van der Waals surface area contributed by atoms with Crippen molar-refractivity contribution in [2.24, 2.45) is 0 Å². The largest absolute Gasteiger partial charge is 0.507 e. The molecule has 0 unspecified atom stereocenters. The molecule has 4 rings (SSSR count). The van der Waals surface area contributed by atoms with Crippen LogP contribution < -0.4 is 4.74 Å². The first-order chi connectivity index (χ1) is 17.4. The molecule has 0 aromatic heterocycles. The molecule has 6 nitrogen and oxygen atoms in total. The summed E-state index contributed by atoms with van der Waals surface area (Å²) in [6.07, 6.45) is 0. The van der Waals surface area contributed by atoms with E-state index < -0.39 is 5.97 Å². The van der Waals surface area contributed by atoms with E-state index in [0.29, 0.717) is 30.0 Å². The van der Waals surface area contributed by atoms with Gasteiger partial charge in [-0.25, -0.2) is 4.79 Å². The van der Waals surface area contributed by atoms with Gasteiger partial charge in [0.2, 0.25) is 0 Å². The lowest BCUT2D eigenvalue weighted by Crippen LogP contribution is -2.30. The Labute approximate surface area is 217 Å². The summed E-state index contributed by atoms with van der Waals surface area (Å²) in [7, 11) is 1.61. The van der Waals surface area contributed by atoms with Gasteiger partial charge in [0.05, 0.1) is 7.11 Å². The number of carbonyl (C=O) groups excluding carboxylic acids is 1. The highest BCUT2D eigenvalue weighted by molar-refractivity contribution is 9.10. The average molecular weight is 546 g/mol. The molecule has 0 heterocycles. The fourth-order valence-corrected chi connectivity index (χ4v) is 4.19. The highest BCUT2D eigenvalue weighted by Crippen LogP contribution is 2.27. The Balaban J connectivity index is 1.62. The van der Waals surface area contributed by atoms with E-state index in [0.717, 1.165) is 21.2 Å². The summed E-state index contributed by atoms with van der Waals surface area (Å²) in [5, 5.41) is 19.1. The summed E-state index contributed by atoms with van der Waals surface area (Å²) in [6, 6.07) is 26.9. The number of ether oxygens (including phenoxy) is 1. The van der Waals surface area contributed by atoms with Gasteiger partial charge in [0.1, 0.15) is 17.1 Å². The predicted molar refractivity (Wildman–Crippen MR) is 141 cm³/mol. The Bertz CT molecular complexity index is 1380. The number of methoxy groups -OCH3 is 1. The molecule has 182 valence electrons. The van der Waals surface area contributed by atoms with Crippen LogP contribution in [-0.2, 0) is 13.1 Å². The van der Waals surface area contributed by atoms with Gasteiger partial charge in [-0.15, -0.1) is 0 Å². The Morgan fingerprint density at radius 3 is 2.19 bits per heavy atom. The molecule has 0 atom stereocenters. The maximum absolute atomic E-state index is 13.5. The van der Waals surface area contributed by atoms with Gasteiger partial charge >= 0.3 is 5.97 Å².